The summed E-state index contributed by atoms with van der Waals surface area (Å²) >= 11 is 0. The lowest BCUT2D eigenvalue weighted by atomic mass is 9.79. The second-order valence-corrected chi connectivity index (χ2v) is 7.46. The number of hydrogen-bond acceptors (Lipinski definition) is 3. The average molecular weight is 362 g/mol. The normalized spacial score (nSPS) is 16.3. The summed E-state index contributed by atoms with van der Waals surface area (Å²) in [6.07, 6.45) is 5.78. The van der Waals surface area contributed by atoms with Crippen LogP contribution in [-0.2, 0) is 6.42 Å². The lowest BCUT2D eigenvalue weighted by Gasteiger charge is -2.25. The van der Waals surface area contributed by atoms with Gasteiger partial charge in [-0.1, -0.05) is 23.8 Å². The Hall–Kier alpha value is -2.62. The molecule has 0 saturated carbocycles. The highest BCUT2D eigenvalue weighted by molar-refractivity contribution is 5.97. The average Bonchev–Trinajstić information content (AvgIpc) is 2.99. The van der Waals surface area contributed by atoms with Crippen molar-refractivity contribution in [2.24, 2.45) is 0 Å². The predicted octanol–water partition coefficient (Wildman–Crippen LogP) is 5.04. The molecule has 0 amide bonds. The van der Waals surface area contributed by atoms with E-state index in [0.717, 1.165) is 36.4 Å². The van der Waals surface area contributed by atoms with Crippen LogP contribution in [0.1, 0.15) is 65.0 Å². The number of benzene rings is 1. The third-order valence-electron chi connectivity index (χ3n) is 5.52. The number of ketones is 1. The number of carbonyl (C=O) groups is 1. The zero-order valence-electron chi connectivity index (χ0n) is 16.3. The molecule has 0 spiro atoms. The Morgan fingerprint density at radius 2 is 2.15 bits per heavy atom. The minimum absolute atomic E-state index is 0.160. The summed E-state index contributed by atoms with van der Waals surface area (Å²) < 4.78 is 7.57. The highest BCUT2D eigenvalue weighted by Crippen LogP contribution is 2.36. The molecule has 0 N–H and O–H groups in total. The fourth-order valence-corrected chi connectivity index (χ4v) is 4.31. The second kappa shape index (κ2) is 7.18. The molecule has 0 bridgehead atoms. The first-order valence-electron chi connectivity index (χ1n) is 9.81. The summed E-state index contributed by atoms with van der Waals surface area (Å²) in [6.45, 7) is 6.56. The summed E-state index contributed by atoms with van der Waals surface area (Å²) in [5.74, 6) is 1.18. The Morgan fingerprint density at radius 3 is 2.96 bits per heavy atom. The lowest BCUT2D eigenvalue weighted by molar-refractivity contribution is 0.0964. The number of ether oxygens (including phenoxy) is 1. The largest absolute Gasteiger partial charge is 0.490 e. The molecule has 27 heavy (non-hydrogen) atoms. The Balaban J connectivity index is 1.68. The first-order valence-corrected chi connectivity index (χ1v) is 9.81. The van der Waals surface area contributed by atoms with Crippen molar-refractivity contribution in [3.8, 4) is 5.75 Å². The van der Waals surface area contributed by atoms with Gasteiger partial charge in [0.25, 0.3) is 0 Å². The molecule has 1 aromatic carbocycles. The summed E-state index contributed by atoms with van der Waals surface area (Å²) in [5.41, 5.74) is 6.20. The fourth-order valence-electron chi connectivity index (χ4n) is 4.31. The SMILES string of the molecule is CCOc1cccn2c(C(=O)C[C@H]3CCCc4ccc(C)cc43)c(C)nc12. The molecule has 0 aliphatic heterocycles. The Kier molecular flexibility index (Phi) is 4.73. The van der Waals surface area contributed by atoms with Crippen LogP contribution in [0.25, 0.3) is 5.65 Å². The topological polar surface area (TPSA) is 43.6 Å². The maximum Gasteiger partial charge on any atom is 0.182 e. The molecule has 1 atom stereocenters. The predicted molar refractivity (Wildman–Crippen MR) is 107 cm³/mol. The van der Waals surface area contributed by atoms with Crippen LogP contribution in [0.5, 0.6) is 5.75 Å². The molecule has 4 nitrogen and oxygen atoms in total. The van der Waals surface area contributed by atoms with Crippen LogP contribution in [0.2, 0.25) is 0 Å². The Labute approximate surface area is 160 Å². The van der Waals surface area contributed by atoms with Crippen molar-refractivity contribution in [1.29, 1.82) is 0 Å². The van der Waals surface area contributed by atoms with E-state index in [1.54, 1.807) is 0 Å². The first kappa shape index (κ1) is 17.8. The smallest absolute Gasteiger partial charge is 0.182 e. The van der Waals surface area contributed by atoms with E-state index in [1.807, 2.05) is 36.6 Å². The fraction of sp³-hybridized carbons (Fsp3) is 0.391. The highest BCUT2D eigenvalue weighted by Gasteiger charge is 2.26. The summed E-state index contributed by atoms with van der Waals surface area (Å²) in [6, 6.07) is 10.5. The van der Waals surface area contributed by atoms with Crippen molar-refractivity contribution >= 4 is 11.4 Å². The van der Waals surface area contributed by atoms with E-state index in [9.17, 15) is 4.79 Å². The van der Waals surface area contributed by atoms with Crippen LogP contribution in [0.15, 0.2) is 36.5 Å². The van der Waals surface area contributed by atoms with Gasteiger partial charge in [-0.25, -0.2) is 4.98 Å². The van der Waals surface area contributed by atoms with Gasteiger partial charge in [0.05, 0.1) is 12.3 Å². The number of hydrogen-bond donors (Lipinski definition) is 0. The Morgan fingerprint density at radius 1 is 1.30 bits per heavy atom. The minimum Gasteiger partial charge on any atom is -0.490 e. The molecule has 0 saturated heterocycles. The minimum atomic E-state index is 0.160. The molecule has 0 radical (unpaired) electrons. The quantitative estimate of drug-likeness (QED) is 0.597. The molecular weight excluding hydrogens is 336 g/mol. The van der Waals surface area contributed by atoms with Crippen molar-refractivity contribution in [3.63, 3.8) is 0 Å². The van der Waals surface area contributed by atoms with Crippen LogP contribution >= 0.6 is 0 Å². The van der Waals surface area contributed by atoms with Crippen molar-refractivity contribution in [1.82, 2.24) is 9.38 Å². The van der Waals surface area contributed by atoms with E-state index in [-0.39, 0.29) is 5.78 Å². The van der Waals surface area contributed by atoms with Crippen molar-refractivity contribution in [3.05, 3.63) is 64.6 Å². The number of carbonyl (C=O) groups excluding carboxylic acids is 1. The van der Waals surface area contributed by atoms with Gasteiger partial charge >= 0.3 is 0 Å². The molecule has 1 aliphatic carbocycles. The van der Waals surface area contributed by atoms with Gasteiger partial charge in [-0.15, -0.1) is 0 Å². The van der Waals surface area contributed by atoms with E-state index in [0.29, 0.717) is 24.6 Å². The molecule has 2 heterocycles. The van der Waals surface area contributed by atoms with Gasteiger partial charge in [0.15, 0.2) is 17.2 Å². The third-order valence-corrected chi connectivity index (χ3v) is 5.52. The zero-order chi connectivity index (χ0) is 19.0. The molecule has 4 heteroatoms. The van der Waals surface area contributed by atoms with Crippen molar-refractivity contribution in [2.75, 3.05) is 6.61 Å². The Bertz CT molecular complexity index is 1000. The van der Waals surface area contributed by atoms with Crippen LogP contribution in [0.4, 0.5) is 0 Å². The van der Waals surface area contributed by atoms with Gasteiger partial charge in [-0.05, 0) is 69.2 Å². The number of rotatable bonds is 5. The lowest BCUT2D eigenvalue weighted by Crippen LogP contribution is -2.16. The first-order chi connectivity index (χ1) is 13.1. The molecule has 1 aliphatic rings. The van der Waals surface area contributed by atoms with Gasteiger partial charge in [-0.2, -0.15) is 0 Å². The molecule has 0 unspecified atom stereocenters. The summed E-state index contributed by atoms with van der Waals surface area (Å²) in [4.78, 5) is 17.9. The van der Waals surface area contributed by atoms with Crippen LogP contribution < -0.4 is 4.74 Å². The second-order valence-electron chi connectivity index (χ2n) is 7.46. The maximum atomic E-state index is 13.3. The summed E-state index contributed by atoms with van der Waals surface area (Å²) in [5, 5.41) is 0. The van der Waals surface area contributed by atoms with Gasteiger partial charge in [0.2, 0.25) is 0 Å². The monoisotopic (exact) mass is 362 g/mol. The van der Waals surface area contributed by atoms with Crippen LogP contribution in [0.3, 0.4) is 0 Å². The molecule has 3 aromatic rings. The number of pyridine rings is 1. The molecule has 2 aromatic heterocycles. The van der Waals surface area contributed by atoms with E-state index in [1.165, 1.54) is 16.7 Å². The third kappa shape index (κ3) is 3.25. The maximum absolute atomic E-state index is 13.3. The number of nitrogens with zero attached hydrogens (tertiary/aromatic N) is 2. The molecule has 0 fully saturated rings. The van der Waals surface area contributed by atoms with Gasteiger partial charge in [0.1, 0.15) is 5.69 Å². The van der Waals surface area contributed by atoms with E-state index in [2.05, 4.69) is 30.1 Å². The van der Waals surface area contributed by atoms with Gasteiger partial charge < -0.3 is 4.74 Å². The van der Waals surface area contributed by atoms with Gasteiger partial charge in [-0.3, -0.25) is 9.20 Å². The number of imidazole rings is 1. The molecule has 4 rings (SSSR count). The van der Waals surface area contributed by atoms with Crippen LogP contribution in [0, 0.1) is 13.8 Å². The number of fused-ring (bicyclic) bond motifs is 2. The van der Waals surface area contributed by atoms with E-state index >= 15 is 0 Å². The van der Waals surface area contributed by atoms with Crippen LogP contribution in [-0.4, -0.2) is 21.8 Å². The number of aromatic nitrogens is 2. The van der Waals surface area contributed by atoms with Crippen molar-refractivity contribution in [2.45, 2.75) is 52.4 Å². The van der Waals surface area contributed by atoms with E-state index < -0.39 is 0 Å². The van der Waals surface area contributed by atoms with E-state index in [4.69, 9.17) is 4.74 Å². The standard InChI is InChI=1S/C23H26N2O2/c1-4-27-21-9-6-12-25-22(16(3)24-23(21)25)20(26)14-18-8-5-7-17-11-10-15(2)13-19(17)18/h6,9-13,18H,4-5,7-8,14H2,1-3H3/t18-/m1/s1. The molecular formula is C23H26N2O2. The number of aryl methyl sites for hydroxylation is 3. The van der Waals surface area contributed by atoms with Gasteiger partial charge in [0, 0.05) is 12.6 Å². The highest BCUT2D eigenvalue weighted by atomic mass is 16.5. The number of Topliss-reactive ketones (excluding diaryl/α,β-unsaturated/α-hetero) is 1. The zero-order valence-corrected chi connectivity index (χ0v) is 16.3. The summed E-state index contributed by atoms with van der Waals surface area (Å²) in [7, 11) is 0. The molecule has 140 valence electrons. The van der Waals surface area contributed by atoms with Crippen molar-refractivity contribution < 1.29 is 9.53 Å².